The first-order chi connectivity index (χ1) is 9.83. The van der Waals surface area contributed by atoms with Crippen LogP contribution in [0.25, 0.3) is 0 Å². The third-order valence-corrected chi connectivity index (χ3v) is 3.87. The van der Waals surface area contributed by atoms with Crippen LogP contribution in [0.4, 0.5) is 11.5 Å². The molecule has 0 aromatic carbocycles. The SMILES string of the molecule is Brc1cccc(CNc2cccnc2N2CCCC2)n1. The summed E-state index contributed by atoms with van der Waals surface area (Å²) >= 11 is 3.40. The molecule has 1 N–H and O–H groups in total. The van der Waals surface area contributed by atoms with Crippen molar-refractivity contribution in [3.63, 3.8) is 0 Å². The van der Waals surface area contributed by atoms with Gasteiger partial charge in [0.1, 0.15) is 4.60 Å². The van der Waals surface area contributed by atoms with E-state index >= 15 is 0 Å². The van der Waals surface area contributed by atoms with Gasteiger partial charge in [0.25, 0.3) is 0 Å². The molecular weight excluding hydrogens is 316 g/mol. The average Bonchev–Trinajstić information content (AvgIpc) is 3.00. The van der Waals surface area contributed by atoms with Gasteiger partial charge in [-0.3, -0.25) is 0 Å². The van der Waals surface area contributed by atoms with Gasteiger partial charge in [0.05, 0.1) is 17.9 Å². The molecular formula is C15H17BrN4. The van der Waals surface area contributed by atoms with Crippen LogP contribution >= 0.6 is 15.9 Å². The van der Waals surface area contributed by atoms with E-state index in [0.29, 0.717) is 6.54 Å². The number of rotatable bonds is 4. The van der Waals surface area contributed by atoms with Crippen LogP contribution in [0.2, 0.25) is 0 Å². The van der Waals surface area contributed by atoms with Crippen molar-refractivity contribution in [3.05, 3.63) is 46.8 Å². The molecule has 1 fully saturated rings. The van der Waals surface area contributed by atoms with Crippen molar-refractivity contribution in [1.82, 2.24) is 9.97 Å². The van der Waals surface area contributed by atoms with Crippen LogP contribution < -0.4 is 10.2 Å². The topological polar surface area (TPSA) is 41.1 Å². The van der Waals surface area contributed by atoms with Crippen molar-refractivity contribution in [1.29, 1.82) is 0 Å². The Labute approximate surface area is 127 Å². The standard InChI is InChI=1S/C15H17BrN4/c16-14-7-3-5-12(19-14)11-18-13-6-4-8-17-15(13)20-9-1-2-10-20/h3-8,18H,1-2,9-11H2. The quantitative estimate of drug-likeness (QED) is 0.870. The molecule has 2 aromatic heterocycles. The van der Waals surface area contributed by atoms with Gasteiger partial charge in [0.2, 0.25) is 0 Å². The van der Waals surface area contributed by atoms with Crippen LogP contribution in [-0.2, 0) is 6.54 Å². The second kappa shape index (κ2) is 6.22. The van der Waals surface area contributed by atoms with Gasteiger partial charge < -0.3 is 10.2 Å². The molecule has 0 amide bonds. The molecule has 3 rings (SSSR count). The van der Waals surface area contributed by atoms with E-state index in [9.17, 15) is 0 Å². The zero-order valence-corrected chi connectivity index (χ0v) is 12.8. The Morgan fingerprint density at radius 3 is 2.80 bits per heavy atom. The van der Waals surface area contributed by atoms with E-state index < -0.39 is 0 Å². The predicted octanol–water partition coefficient (Wildman–Crippen LogP) is 3.45. The van der Waals surface area contributed by atoms with E-state index in [-0.39, 0.29) is 0 Å². The molecule has 2 aromatic rings. The summed E-state index contributed by atoms with van der Waals surface area (Å²) < 4.78 is 0.864. The molecule has 0 aliphatic carbocycles. The summed E-state index contributed by atoms with van der Waals surface area (Å²) in [5.41, 5.74) is 2.09. The Kier molecular flexibility index (Phi) is 4.16. The van der Waals surface area contributed by atoms with Crippen LogP contribution in [0.3, 0.4) is 0 Å². The Morgan fingerprint density at radius 1 is 1.15 bits per heavy atom. The molecule has 1 aliphatic rings. The Bertz CT molecular complexity index is 582. The van der Waals surface area contributed by atoms with Crippen molar-refractivity contribution in [2.24, 2.45) is 0 Å². The lowest BCUT2D eigenvalue weighted by atomic mass is 10.3. The monoisotopic (exact) mass is 332 g/mol. The highest BCUT2D eigenvalue weighted by Crippen LogP contribution is 2.26. The van der Waals surface area contributed by atoms with Crippen molar-refractivity contribution in [2.45, 2.75) is 19.4 Å². The van der Waals surface area contributed by atoms with E-state index in [1.165, 1.54) is 12.8 Å². The smallest absolute Gasteiger partial charge is 0.151 e. The average molecular weight is 333 g/mol. The third kappa shape index (κ3) is 3.10. The second-order valence-electron chi connectivity index (χ2n) is 4.87. The molecule has 0 atom stereocenters. The molecule has 0 saturated carbocycles. The minimum atomic E-state index is 0.700. The first-order valence-electron chi connectivity index (χ1n) is 6.88. The van der Waals surface area contributed by atoms with Gasteiger partial charge in [-0.15, -0.1) is 0 Å². The second-order valence-corrected chi connectivity index (χ2v) is 5.69. The number of nitrogens with one attached hydrogen (secondary N) is 1. The number of hydrogen-bond acceptors (Lipinski definition) is 4. The Balaban J connectivity index is 1.74. The largest absolute Gasteiger partial charge is 0.376 e. The first kappa shape index (κ1) is 13.4. The Morgan fingerprint density at radius 2 is 2.00 bits per heavy atom. The van der Waals surface area contributed by atoms with E-state index in [1.807, 2.05) is 30.5 Å². The molecule has 0 bridgehead atoms. The van der Waals surface area contributed by atoms with E-state index in [0.717, 1.165) is 34.9 Å². The maximum Gasteiger partial charge on any atom is 0.151 e. The van der Waals surface area contributed by atoms with E-state index in [4.69, 9.17) is 0 Å². The number of pyridine rings is 2. The van der Waals surface area contributed by atoms with Crippen LogP contribution in [0.5, 0.6) is 0 Å². The van der Waals surface area contributed by atoms with Crippen molar-refractivity contribution >= 4 is 27.4 Å². The zero-order chi connectivity index (χ0) is 13.8. The lowest BCUT2D eigenvalue weighted by Gasteiger charge is -2.20. The summed E-state index contributed by atoms with van der Waals surface area (Å²) in [4.78, 5) is 11.3. The summed E-state index contributed by atoms with van der Waals surface area (Å²) in [5, 5.41) is 3.45. The summed E-state index contributed by atoms with van der Waals surface area (Å²) in [6.45, 7) is 2.90. The lowest BCUT2D eigenvalue weighted by Crippen LogP contribution is -2.20. The van der Waals surface area contributed by atoms with Crippen LogP contribution in [-0.4, -0.2) is 23.1 Å². The maximum absolute atomic E-state index is 4.52. The first-order valence-corrected chi connectivity index (χ1v) is 7.67. The van der Waals surface area contributed by atoms with Crippen LogP contribution in [0.15, 0.2) is 41.1 Å². The van der Waals surface area contributed by atoms with Gasteiger partial charge in [-0.25, -0.2) is 9.97 Å². The van der Waals surface area contributed by atoms with Crippen LogP contribution in [0.1, 0.15) is 18.5 Å². The number of aromatic nitrogens is 2. The fraction of sp³-hybridized carbons (Fsp3) is 0.333. The molecule has 4 nitrogen and oxygen atoms in total. The molecule has 1 aliphatic heterocycles. The summed E-state index contributed by atoms with van der Waals surface area (Å²) in [5.74, 6) is 1.06. The summed E-state index contributed by atoms with van der Waals surface area (Å²) in [6.07, 6.45) is 4.36. The van der Waals surface area contributed by atoms with Crippen LogP contribution in [0, 0.1) is 0 Å². The maximum atomic E-state index is 4.52. The fourth-order valence-corrected chi connectivity index (χ4v) is 2.83. The third-order valence-electron chi connectivity index (χ3n) is 3.43. The molecule has 3 heterocycles. The van der Waals surface area contributed by atoms with E-state index in [1.54, 1.807) is 0 Å². The van der Waals surface area contributed by atoms with Gasteiger partial charge >= 0.3 is 0 Å². The molecule has 0 radical (unpaired) electrons. The number of hydrogen-bond donors (Lipinski definition) is 1. The number of anilines is 2. The number of nitrogens with zero attached hydrogens (tertiary/aromatic N) is 3. The Hall–Kier alpha value is -1.62. The molecule has 0 unspecified atom stereocenters. The van der Waals surface area contributed by atoms with Gasteiger partial charge in [0, 0.05) is 19.3 Å². The van der Waals surface area contributed by atoms with Crippen molar-refractivity contribution in [3.8, 4) is 0 Å². The molecule has 104 valence electrons. The summed E-state index contributed by atoms with van der Waals surface area (Å²) in [6, 6.07) is 10.0. The minimum absolute atomic E-state index is 0.700. The molecule has 1 saturated heterocycles. The van der Waals surface area contributed by atoms with Crippen molar-refractivity contribution < 1.29 is 0 Å². The van der Waals surface area contributed by atoms with E-state index in [2.05, 4.69) is 42.2 Å². The predicted molar refractivity (Wildman–Crippen MR) is 84.9 cm³/mol. The molecule has 20 heavy (non-hydrogen) atoms. The zero-order valence-electron chi connectivity index (χ0n) is 11.2. The molecule has 5 heteroatoms. The fourth-order valence-electron chi connectivity index (χ4n) is 2.45. The van der Waals surface area contributed by atoms with Crippen molar-refractivity contribution in [2.75, 3.05) is 23.3 Å². The number of halogens is 1. The van der Waals surface area contributed by atoms with Gasteiger partial charge in [-0.05, 0) is 53.0 Å². The molecule has 0 spiro atoms. The minimum Gasteiger partial charge on any atom is -0.376 e. The summed E-state index contributed by atoms with van der Waals surface area (Å²) in [7, 11) is 0. The highest BCUT2D eigenvalue weighted by Gasteiger charge is 2.16. The normalized spacial score (nSPS) is 14.6. The highest BCUT2D eigenvalue weighted by atomic mass is 79.9. The lowest BCUT2D eigenvalue weighted by molar-refractivity contribution is 0.932. The highest BCUT2D eigenvalue weighted by molar-refractivity contribution is 9.10. The van der Waals surface area contributed by atoms with Gasteiger partial charge in [-0.2, -0.15) is 0 Å². The van der Waals surface area contributed by atoms with Gasteiger partial charge in [0.15, 0.2) is 5.82 Å². The van der Waals surface area contributed by atoms with Gasteiger partial charge in [-0.1, -0.05) is 6.07 Å².